The highest BCUT2D eigenvalue weighted by Gasteiger charge is 2.18. The summed E-state index contributed by atoms with van der Waals surface area (Å²) in [5.41, 5.74) is 9.53. The van der Waals surface area contributed by atoms with Crippen LogP contribution < -0.4 is 5.32 Å². The van der Waals surface area contributed by atoms with Crippen LogP contribution in [0.2, 0.25) is 0 Å². The molecule has 0 aliphatic heterocycles. The second-order valence-corrected chi connectivity index (χ2v) is 9.11. The van der Waals surface area contributed by atoms with Crippen molar-refractivity contribution in [3.8, 4) is 0 Å². The van der Waals surface area contributed by atoms with Gasteiger partial charge in [0.05, 0.1) is 5.52 Å². The predicted molar refractivity (Wildman–Crippen MR) is 155 cm³/mol. The van der Waals surface area contributed by atoms with Gasteiger partial charge in [0.25, 0.3) is 0 Å². The van der Waals surface area contributed by atoms with Gasteiger partial charge in [0.2, 0.25) is 0 Å². The van der Waals surface area contributed by atoms with Gasteiger partial charge in [-0.25, -0.2) is 0 Å². The zero-order chi connectivity index (χ0) is 25.7. The molecule has 0 saturated heterocycles. The first-order chi connectivity index (χ1) is 17.4. The number of pyridine rings is 1. The van der Waals surface area contributed by atoms with E-state index in [1.54, 1.807) is 0 Å². The van der Waals surface area contributed by atoms with Gasteiger partial charge in [-0.3, -0.25) is 4.98 Å². The fourth-order valence-corrected chi connectivity index (χ4v) is 4.33. The van der Waals surface area contributed by atoms with Crippen molar-refractivity contribution in [2.24, 2.45) is 0 Å². The molecule has 4 aromatic rings. The SMILES string of the molecule is C=C/C(=C(/C)N/C(=C(/C(=C)c1ccc(C)cc1)c1ccccc1)N(C)C)c1ccc2ncccc2c1. The lowest BCUT2D eigenvalue weighted by molar-refractivity contribution is 0.481. The Morgan fingerprint density at radius 3 is 2.22 bits per heavy atom. The average Bonchev–Trinajstić information content (AvgIpc) is 2.89. The molecular formula is C33H33N3. The van der Waals surface area contributed by atoms with Crippen LogP contribution in [0.5, 0.6) is 0 Å². The monoisotopic (exact) mass is 471 g/mol. The summed E-state index contributed by atoms with van der Waals surface area (Å²) in [6.07, 6.45) is 3.73. The highest BCUT2D eigenvalue weighted by molar-refractivity contribution is 6.05. The molecular weight excluding hydrogens is 438 g/mol. The topological polar surface area (TPSA) is 28.2 Å². The standard InChI is InChI=1S/C33H33N3/c1-7-30(28-19-20-31-29(22-28)14-11-21-34-31)25(4)35-33(36(5)6)32(27-12-9-8-10-13-27)24(3)26-17-15-23(2)16-18-26/h7-22,35H,1,3H2,2,4-6H3/b30-25+,33-32+. The molecule has 0 bridgehead atoms. The molecule has 3 nitrogen and oxygen atoms in total. The minimum Gasteiger partial charge on any atom is -0.364 e. The van der Waals surface area contributed by atoms with Crippen molar-refractivity contribution in [1.29, 1.82) is 0 Å². The van der Waals surface area contributed by atoms with E-state index >= 15 is 0 Å². The molecule has 0 radical (unpaired) electrons. The Balaban J connectivity index is 1.85. The largest absolute Gasteiger partial charge is 0.364 e. The minimum atomic E-state index is 0.960. The fourth-order valence-electron chi connectivity index (χ4n) is 4.33. The van der Waals surface area contributed by atoms with E-state index < -0.39 is 0 Å². The summed E-state index contributed by atoms with van der Waals surface area (Å²) in [6.45, 7) is 12.8. The van der Waals surface area contributed by atoms with Gasteiger partial charge in [-0.15, -0.1) is 0 Å². The maximum Gasteiger partial charge on any atom is 0.114 e. The van der Waals surface area contributed by atoms with Crippen LogP contribution in [0.15, 0.2) is 122 Å². The molecule has 0 amide bonds. The van der Waals surface area contributed by atoms with Crippen LogP contribution >= 0.6 is 0 Å². The summed E-state index contributed by atoms with van der Waals surface area (Å²) in [5.74, 6) is 0.964. The van der Waals surface area contributed by atoms with Gasteiger partial charge >= 0.3 is 0 Å². The number of nitrogens with one attached hydrogen (secondary N) is 1. The van der Waals surface area contributed by atoms with Crippen LogP contribution in [-0.2, 0) is 0 Å². The predicted octanol–water partition coefficient (Wildman–Crippen LogP) is 7.69. The van der Waals surface area contributed by atoms with Crippen LogP contribution in [-0.4, -0.2) is 24.0 Å². The Morgan fingerprint density at radius 2 is 1.56 bits per heavy atom. The summed E-state index contributed by atoms with van der Waals surface area (Å²) in [5, 5.41) is 4.81. The summed E-state index contributed by atoms with van der Waals surface area (Å²) in [4.78, 5) is 6.56. The van der Waals surface area contributed by atoms with Crippen molar-refractivity contribution in [2.75, 3.05) is 14.1 Å². The van der Waals surface area contributed by atoms with Gasteiger partial charge in [-0.1, -0.05) is 91.5 Å². The second kappa shape index (κ2) is 10.9. The lowest BCUT2D eigenvalue weighted by Crippen LogP contribution is -2.27. The molecule has 180 valence electrons. The molecule has 1 N–H and O–H groups in total. The molecule has 0 aliphatic carbocycles. The zero-order valence-electron chi connectivity index (χ0n) is 21.5. The van der Waals surface area contributed by atoms with Gasteiger partial charge < -0.3 is 10.2 Å². The molecule has 0 atom stereocenters. The number of hydrogen-bond donors (Lipinski definition) is 1. The third-order valence-electron chi connectivity index (χ3n) is 6.28. The summed E-state index contributed by atoms with van der Waals surface area (Å²) in [6, 6.07) is 29.3. The van der Waals surface area contributed by atoms with Crippen molar-refractivity contribution in [2.45, 2.75) is 13.8 Å². The Hall–Kier alpha value is -4.37. The molecule has 3 aromatic carbocycles. The van der Waals surface area contributed by atoms with Crippen molar-refractivity contribution < 1.29 is 0 Å². The number of aryl methyl sites for hydroxylation is 1. The molecule has 0 saturated carbocycles. The number of benzene rings is 3. The maximum absolute atomic E-state index is 4.53. The smallest absolute Gasteiger partial charge is 0.114 e. The zero-order valence-corrected chi connectivity index (χ0v) is 21.5. The van der Waals surface area contributed by atoms with Gasteiger partial charge in [0.1, 0.15) is 5.82 Å². The highest BCUT2D eigenvalue weighted by atomic mass is 15.2. The molecule has 0 aliphatic rings. The Labute approximate surface area is 214 Å². The van der Waals surface area contributed by atoms with Crippen LogP contribution in [0.25, 0.3) is 27.6 Å². The van der Waals surface area contributed by atoms with Gasteiger partial charge in [-0.2, -0.15) is 0 Å². The molecule has 3 heteroatoms. The van der Waals surface area contributed by atoms with Gasteiger partial charge in [0, 0.05) is 42.5 Å². The first-order valence-corrected chi connectivity index (χ1v) is 12.1. The Kier molecular flexibility index (Phi) is 7.50. The van der Waals surface area contributed by atoms with E-state index in [0.29, 0.717) is 0 Å². The summed E-state index contributed by atoms with van der Waals surface area (Å²) < 4.78 is 0. The molecule has 0 fully saturated rings. The molecule has 1 heterocycles. The van der Waals surface area contributed by atoms with E-state index in [9.17, 15) is 0 Å². The van der Waals surface area contributed by atoms with Crippen LogP contribution in [0.4, 0.5) is 0 Å². The lowest BCUT2D eigenvalue weighted by Gasteiger charge is -2.26. The fraction of sp³-hybridized carbons (Fsp3) is 0.121. The first kappa shape index (κ1) is 24.7. The van der Waals surface area contributed by atoms with Crippen LogP contribution in [0.3, 0.4) is 0 Å². The molecule has 4 rings (SSSR count). The number of aromatic nitrogens is 1. The molecule has 36 heavy (non-hydrogen) atoms. The van der Waals surface area contributed by atoms with E-state index in [1.807, 2.05) is 24.4 Å². The molecule has 0 unspecified atom stereocenters. The van der Waals surface area contributed by atoms with Crippen molar-refractivity contribution >= 4 is 27.6 Å². The number of allylic oxidation sites excluding steroid dienone is 5. The Morgan fingerprint density at radius 1 is 0.861 bits per heavy atom. The molecule has 1 aromatic heterocycles. The normalized spacial score (nSPS) is 12.4. The number of fused-ring (bicyclic) bond motifs is 1. The van der Waals surface area contributed by atoms with Gasteiger partial charge in [-0.05, 0) is 54.3 Å². The summed E-state index contributed by atoms with van der Waals surface area (Å²) >= 11 is 0. The Bertz CT molecular complexity index is 1460. The summed E-state index contributed by atoms with van der Waals surface area (Å²) in [7, 11) is 4.10. The van der Waals surface area contributed by atoms with E-state index in [2.05, 4.69) is 129 Å². The number of rotatable bonds is 8. The van der Waals surface area contributed by atoms with Crippen LogP contribution in [0.1, 0.15) is 29.2 Å². The highest BCUT2D eigenvalue weighted by Crippen LogP contribution is 2.34. The lowest BCUT2D eigenvalue weighted by atomic mass is 9.92. The third-order valence-corrected chi connectivity index (χ3v) is 6.28. The van der Waals surface area contributed by atoms with E-state index in [-0.39, 0.29) is 0 Å². The van der Waals surface area contributed by atoms with E-state index in [1.165, 1.54) is 5.56 Å². The van der Waals surface area contributed by atoms with Crippen LogP contribution in [0, 0.1) is 6.92 Å². The average molecular weight is 472 g/mol. The van der Waals surface area contributed by atoms with E-state index in [0.717, 1.165) is 55.8 Å². The maximum atomic E-state index is 4.53. The molecule has 0 spiro atoms. The van der Waals surface area contributed by atoms with Crippen molar-refractivity contribution in [1.82, 2.24) is 15.2 Å². The van der Waals surface area contributed by atoms with Crippen molar-refractivity contribution in [3.63, 3.8) is 0 Å². The second-order valence-electron chi connectivity index (χ2n) is 9.11. The van der Waals surface area contributed by atoms with Gasteiger partial charge in [0.15, 0.2) is 0 Å². The minimum absolute atomic E-state index is 0.960. The quantitative estimate of drug-likeness (QED) is 0.267. The van der Waals surface area contributed by atoms with Crippen molar-refractivity contribution in [3.05, 3.63) is 144 Å². The third kappa shape index (κ3) is 5.31. The first-order valence-electron chi connectivity index (χ1n) is 12.1. The van der Waals surface area contributed by atoms with E-state index in [4.69, 9.17) is 0 Å². The number of nitrogens with zero attached hydrogens (tertiary/aromatic N) is 2. The number of hydrogen-bond acceptors (Lipinski definition) is 3.